The molecular weight excluding hydrogens is 389 g/mol. The SMILES string of the molecule is Cc1c(C(=O)Nc2ccc(NC(=O)C(F)(F)F)cc2)cccc1S(=O)(=O)O. The fraction of sp³-hybridized carbons (Fsp3) is 0.125. The summed E-state index contributed by atoms with van der Waals surface area (Å²) < 4.78 is 68.3. The first-order valence-electron chi connectivity index (χ1n) is 7.26. The highest BCUT2D eigenvalue weighted by Gasteiger charge is 2.38. The van der Waals surface area contributed by atoms with Gasteiger partial charge in [0.05, 0.1) is 4.90 Å². The van der Waals surface area contributed by atoms with Crippen LogP contribution in [0.3, 0.4) is 0 Å². The Morgan fingerprint density at radius 2 is 1.48 bits per heavy atom. The van der Waals surface area contributed by atoms with Crippen LogP contribution in [0, 0.1) is 6.92 Å². The van der Waals surface area contributed by atoms with Crippen molar-refractivity contribution >= 4 is 33.3 Å². The number of anilines is 2. The molecular formula is C16H13F3N2O5S. The van der Waals surface area contributed by atoms with Crippen LogP contribution < -0.4 is 10.6 Å². The zero-order valence-corrected chi connectivity index (χ0v) is 14.5. The van der Waals surface area contributed by atoms with Gasteiger partial charge in [-0.25, -0.2) is 0 Å². The van der Waals surface area contributed by atoms with Gasteiger partial charge in [0.15, 0.2) is 0 Å². The molecule has 0 bridgehead atoms. The second-order valence-corrected chi connectivity index (χ2v) is 6.78. The summed E-state index contributed by atoms with van der Waals surface area (Å²) in [7, 11) is -4.50. The molecule has 3 N–H and O–H groups in total. The highest BCUT2D eigenvalue weighted by atomic mass is 32.2. The van der Waals surface area contributed by atoms with Crippen molar-refractivity contribution in [3.63, 3.8) is 0 Å². The second-order valence-electron chi connectivity index (χ2n) is 5.39. The highest BCUT2D eigenvalue weighted by molar-refractivity contribution is 7.85. The van der Waals surface area contributed by atoms with E-state index in [0.29, 0.717) is 0 Å². The van der Waals surface area contributed by atoms with E-state index in [1.54, 1.807) is 5.32 Å². The number of benzene rings is 2. The fourth-order valence-electron chi connectivity index (χ4n) is 2.18. The summed E-state index contributed by atoms with van der Waals surface area (Å²) in [6.07, 6.45) is -5.03. The predicted molar refractivity (Wildman–Crippen MR) is 90.1 cm³/mol. The van der Waals surface area contributed by atoms with Crippen LogP contribution in [-0.4, -0.2) is 31.0 Å². The zero-order chi connectivity index (χ0) is 20.4. The van der Waals surface area contributed by atoms with Gasteiger partial charge in [-0.05, 0) is 48.9 Å². The Kier molecular flexibility index (Phi) is 5.56. The number of rotatable bonds is 4. The van der Waals surface area contributed by atoms with Gasteiger partial charge in [-0.3, -0.25) is 14.1 Å². The lowest BCUT2D eigenvalue weighted by atomic mass is 10.1. The van der Waals surface area contributed by atoms with Crippen molar-refractivity contribution in [2.45, 2.75) is 18.0 Å². The third-order valence-electron chi connectivity index (χ3n) is 3.46. The molecule has 0 aliphatic rings. The summed E-state index contributed by atoms with van der Waals surface area (Å²) in [5.74, 6) is -2.82. The summed E-state index contributed by atoms with van der Waals surface area (Å²) in [6, 6.07) is 8.58. The van der Waals surface area contributed by atoms with Crippen LogP contribution >= 0.6 is 0 Å². The van der Waals surface area contributed by atoms with E-state index in [1.807, 2.05) is 0 Å². The van der Waals surface area contributed by atoms with E-state index >= 15 is 0 Å². The fourth-order valence-corrected chi connectivity index (χ4v) is 2.92. The normalized spacial score (nSPS) is 11.7. The van der Waals surface area contributed by atoms with Gasteiger partial charge in [0.1, 0.15) is 0 Å². The van der Waals surface area contributed by atoms with Crippen LogP contribution in [0.15, 0.2) is 47.4 Å². The molecule has 27 heavy (non-hydrogen) atoms. The van der Waals surface area contributed by atoms with Crippen LogP contribution in [0.5, 0.6) is 0 Å². The molecule has 0 saturated heterocycles. The topological polar surface area (TPSA) is 113 Å². The van der Waals surface area contributed by atoms with Crippen LogP contribution in [0.4, 0.5) is 24.5 Å². The molecule has 2 rings (SSSR count). The smallest absolute Gasteiger partial charge is 0.322 e. The van der Waals surface area contributed by atoms with Crippen molar-refractivity contribution in [2.24, 2.45) is 0 Å². The van der Waals surface area contributed by atoms with Crippen LogP contribution in [-0.2, 0) is 14.9 Å². The van der Waals surface area contributed by atoms with Crippen molar-refractivity contribution in [2.75, 3.05) is 10.6 Å². The standard InChI is InChI=1S/C16H13F3N2O5S/c1-9-12(3-2-4-13(9)27(24,25)26)14(22)20-10-5-7-11(8-6-10)21-15(23)16(17,18)19/h2-8H,1H3,(H,20,22)(H,21,23)(H,24,25,26). The number of hydrogen-bond donors (Lipinski definition) is 3. The molecule has 0 spiro atoms. The Morgan fingerprint density at radius 3 is 1.96 bits per heavy atom. The maximum Gasteiger partial charge on any atom is 0.471 e. The van der Waals surface area contributed by atoms with Gasteiger partial charge < -0.3 is 10.6 Å². The van der Waals surface area contributed by atoms with Crippen LogP contribution in [0.25, 0.3) is 0 Å². The third-order valence-corrected chi connectivity index (χ3v) is 4.46. The van der Waals surface area contributed by atoms with E-state index in [0.717, 1.165) is 18.2 Å². The lowest BCUT2D eigenvalue weighted by molar-refractivity contribution is -0.167. The minimum absolute atomic E-state index is 0.0143. The third kappa shape index (κ3) is 5.05. The predicted octanol–water partition coefficient (Wildman–Crippen LogP) is 2.99. The number of amides is 2. The maximum absolute atomic E-state index is 12.3. The molecule has 0 aliphatic carbocycles. The second kappa shape index (κ2) is 7.37. The van der Waals surface area contributed by atoms with Gasteiger partial charge in [-0.1, -0.05) is 6.07 Å². The number of alkyl halides is 3. The molecule has 7 nitrogen and oxygen atoms in total. The Balaban J connectivity index is 2.17. The summed E-state index contributed by atoms with van der Waals surface area (Å²) in [6.45, 7) is 1.34. The van der Waals surface area contributed by atoms with E-state index in [2.05, 4.69) is 5.32 Å². The molecule has 0 unspecified atom stereocenters. The van der Waals surface area contributed by atoms with Crippen molar-refractivity contribution < 1.29 is 35.7 Å². The van der Waals surface area contributed by atoms with Crippen LogP contribution in [0.2, 0.25) is 0 Å². The van der Waals surface area contributed by atoms with Crippen LogP contribution in [0.1, 0.15) is 15.9 Å². The molecule has 0 atom stereocenters. The molecule has 2 aromatic rings. The molecule has 0 radical (unpaired) electrons. The van der Waals surface area contributed by atoms with E-state index in [1.165, 1.54) is 31.2 Å². The first-order valence-corrected chi connectivity index (χ1v) is 8.70. The summed E-state index contributed by atoms with van der Waals surface area (Å²) >= 11 is 0. The van der Waals surface area contributed by atoms with Gasteiger partial charge in [-0.15, -0.1) is 0 Å². The monoisotopic (exact) mass is 402 g/mol. The molecule has 0 aromatic heterocycles. The minimum atomic E-state index is -5.03. The maximum atomic E-state index is 12.3. The first kappa shape index (κ1) is 20.4. The molecule has 0 fully saturated rings. The number of carbonyl (C=O) groups is 2. The average Bonchev–Trinajstić information content (AvgIpc) is 2.54. The molecule has 2 amide bonds. The molecule has 144 valence electrons. The number of hydrogen-bond acceptors (Lipinski definition) is 4. The number of halogens is 3. The molecule has 0 aliphatic heterocycles. The van der Waals surface area contributed by atoms with Gasteiger partial charge in [0.2, 0.25) is 0 Å². The van der Waals surface area contributed by atoms with E-state index in [-0.39, 0.29) is 22.5 Å². The Hall–Kier alpha value is -2.92. The highest BCUT2D eigenvalue weighted by Crippen LogP contribution is 2.22. The van der Waals surface area contributed by atoms with E-state index < -0.39 is 33.0 Å². The quantitative estimate of drug-likeness (QED) is 0.681. The van der Waals surface area contributed by atoms with Crippen molar-refractivity contribution in [1.82, 2.24) is 0 Å². The van der Waals surface area contributed by atoms with E-state index in [4.69, 9.17) is 4.55 Å². The largest absolute Gasteiger partial charge is 0.471 e. The first-order chi connectivity index (χ1) is 12.4. The summed E-state index contributed by atoms with van der Waals surface area (Å²) in [5, 5.41) is 4.09. The van der Waals surface area contributed by atoms with Crippen molar-refractivity contribution in [1.29, 1.82) is 0 Å². The Labute approximate surface area is 151 Å². The van der Waals surface area contributed by atoms with Crippen molar-refractivity contribution in [3.05, 3.63) is 53.6 Å². The lowest BCUT2D eigenvalue weighted by Crippen LogP contribution is -2.29. The minimum Gasteiger partial charge on any atom is -0.322 e. The number of carbonyl (C=O) groups excluding carboxylic acids is 2. The molecule has 2 aromatic carbocycles. The summed E-state index contributed by atoms with van der Waals surface area (Å²) in [5.41, 5.74) is 0.0904. The van der Waals surface area contributed by atoms with Crippen molar-refractivity contribution in [3.8, 4) is 0 Å². The molecule has 0 heterocycles. The van der Waals surface area contributed by atoms with E-state index in [9.17, 15) is 31.2 Å². The average molecular weight is 402 g/mol. The number of nitrogens with one attached hydrogen (secondary N) is 2. The Morgan fingerprint density at radius 1 is 0.963 bits per heavy atom. The summed E-state index contributed by atoms with van der Waals surface area (Å²) in [4.78, 5) is 22.7. The Bertz CT molecular complexity index is 986. The van der Waals surface area contributed by atoms with Gasteiger partial charge in [0.25, 0.3) is 16.0 Å². The lowest BCUT2D eigenvalue weighted by Gasteiger charge is -2.11. The van der Waals surface area contributed by atoms with Gasteiger partial charge in [-0.2, -0.15) is 21.6 Å². The van der Waals surface area contributed by atoms with Gasteiger partial charge in [0, 0.05) is 16.9 Å². The van der Waals surface area contributed by atoms with Gasteiger partial charge >= 0.3 is 12.1 Å². The molecule has 11 heteroatoms. The molecule has 0 saturated carbocycles. The zero-order valence-electron chi connectivity index (χ0n) is 13.7.